The van der Waals surface area contributed by atoms with E-state index in [-0.39, 0.29) is 0 Å². The third-order valence-electron chi connectivity index (χ3n) is 13.3. The van der Waals surface area contributed by atoms with Gasteiger partial charge in [-0.15, -0.1) is 0 Å². The van der Waals surface area contributed by atoms with Crippen LogP contribution in [0.4, 0.5) is 0 Å². The molecule has 1 aliphatic carbocycles. The topological polar surface area (TPSA) is 0 Å². The summed E-state index contributed by atoms with van der Waals surface area (Å²) < 4.78 is 0. The van der Waals surface area contributed by atoms with E-state index in [0.29, 0.717) is 17.8 Å². The Morgan fingerprint density at radius 2 is 0.431 bits per heavy atom. The van der Waals surface area contributed by atoms with E-state index in [1.165, 1.54) is 94.6 Å². The molecule has 65 heavy (non-hydrogen) atoms. The van der Waals surface area contributed by atoms with Crippen LogP contribution >= 0.6 is 0 Å². The molecule has 0 N–H and O–H groups in total. The van der Waals surface area contributed by atoms with Crippen molar-refractivity contribution in [1.82, 2.24) is 0 Å². The molecule has 0 saturated heterocycles. The Kier molecular flexibility index (Phi) is 11.0. The zero-order valence-corrected chi connectivity index (χ0v) is 36.2. The maximum absolute atomic E-state index is 2.37. The maximum atomic E-state index is 2.37. The summed E-state index contributed by atoms with van der Waals surface area (Å²) in [4.78, 5) is 0. The highest BCUT2D eigenvalue weighted by atomic mass is 14.5. The Bertz CT molecular complexity index is 2980. The molecule has 1 fully saturated rings. The average Bonchev–Trinajstić information content (AvgIpc) is 4.15. The van der Waals surface area contributed by atoms with Gasteiger partial charge < -0.3 is 0 Å². The molecule has 1 aliphatic rings. The second-order valence-corrected chi connectivity index (χ2v) is 17.2. The van der Waals surface area contributed by atoms with Crippen LogP contribution in [0.2, 0.25) is 0 Å². The molecule has 0 aromatic heterocycles. The largest absolute Gasteiger partial charge is 0.0622 e. The molecular weight excluding hydrogens is 781 g/mol. The van der Waals surface area contributed by atoms with E-state index in [4.69, 9.17) is 0 Å². The SMILES string of the molecule is C(=C(c1ccc(-c2ccccc2)cc1)c1ccc(-c2ccccc2)cc1)c1ccc(-c2ccc(C3C(c4ccc(-c5ccccc5)cc4)C3c3ccc(-c4ccccc4)cc3)cc2)cc1. The van der Waals surface area contributed by atoms with E-state index >= 15 is 0 Å². The van der Waals surface area contributed by atoms with Crippen LogP contribution in [0.25, 0.3) is 67.3 Å². The van der Waals surface area contributed by atoms with Crippen LogP contribution in [0.1, 0.15) is 51.1 Å². The highest BCUT2D eigenvalue weighted by Crippen LogP contribution is 2.66. The fraction of sp³-hybridized carbons (Fsp3) is 0.0462. The Labute approximate surface area is 383 Å². The molecule has 10 aromatic rings. The van der Waals surface area contributed by atoms with E-state index in [1.807, 2.05) is 0 Å². The molecule has 308 valence electrons. The zero-order valence-electron chi connectivity index (χ0n) is 36.2. The first-order chi connectivity index (χ1) is 32.2. The summed E-state index contributed by atoms with van der Waals surface area (Å²) >= 11 is 0. The minimum Gasteiger partial charge on any atom is -0.0622 e. The fourth-order valence-electron chi connectivity index (χ4n) is 9.73. The third-order valence-corrected chi connectivity index (χ3v) is 13.3. The predicted octanol–water partition coefficient (Wildman–Crippen LogP) is 17.3. The van der Waals surface area contributed by atoms with Crippen molar-refractivity contribution in [2.24, 2.45) is 0 Å². The summed E-state index contributed by atoms with van der Waals surface area (Å²) in [5.74, 6) is 1.24. The lowest BCUT2D eigenvalue weighted by Gasteiger charge is -2.12. The molecule has 11 rings (SSSR count). The Hall–Kier alpha value is -8.06. The van der Waals surface area contributed by atoms with Crippen LogP contribution in [-0.4, -0.2) is 0 Å². The van der Waals surface area contributed by atoms with Crippen LogP contribution in [0.5, 0.6) is 0 Å². The standard InChI is InChI=1S/C65H48/c1-5-13-47(14-6-1)52-25-35-57(36-26-52)62(58-37-27-53(28-38-58)48-15-7-2-8-16-48)45-46-21-23-51(24-22-46)56-33-43-61(44-34-56)65-63(59-39-29-54(30-40-59)49-17-9-3-10-18-49)64(65)60-41-31-55(32-42-60)50-19-11-4-12-20-50/h1-45,63-65H. The Morgan fingerprint density at radius 1 is 0.215 bits per heavy atom. The molecule has 0 bridgehead atoms. The van der Waals surface area contributed by atoms with Gasteiger partial charge in [0.05, 0.1) is 0 Å². The molecule has 0 aliphatic heterocycles. The van der Waals surface area contributed by atoms with E-state index in [1.54, 1.807) is 0 Å². The molecule has 1 saturated carbocycles. The lowest BCUT2D eigenvalue weighted by molar-refractivity contribution is 1.03. The van der Waals surface area contributed by atoms with Crippen LogP contribution in [0.3, 0.4) is 0 Å². The van der Waals surface area contributed by atoms with E-state index in [0.717, 1.165) is 0 Å². The van der Waals surface area contributed by atoms with Crippen molar-refractivity contribution in [3.05, 3.63) is 300 Å². The first kappa shape index (κ1) is 39.8. The van der Waals surface area contributed by atoms with Crippen molar-refractivity contribution in [3.8, 4) is 55.6 Å². The molecular formula is C65H48. The van der Waals surface area contributed by atoms with Crippen molar-refractivity contribution in [2.45, 2.75) is 17.8 Å². The van der Waals surface area contributed by atoms with Crippen molar-refractivity contribution >= 4 is 11.6 Å². The molecule has 0 spiro atoms. The lowest BCUT2D eigenvalue weighted by atomic mass is 9.92. The second-order valence-electron chi connectivity index (χ2n) is 17.2. The van der Waals surface area contributed by atoms with Gasteiger partial charge in [-0.25, -0.2) is 0 Å². The summed E-state index contributed by atoms with van der Waals surface area (Å²) in [6.45, 7) is 0. The summed E-state index contributed by atoms with van der Waals surface area (Å²) in [6.07, 6.45) is 2.33. The van der Waals surface area contributed by atoms with Gasteiger partial charge >= 0.3 is 0 Å². The molecule has 2 unspecified atom stereocenters. The lowest BCUT2D eigenvalue weighted by Crippen LogP contribution is -1.90. The van der Waals surface area contributed by atoms with Gasteiger partial charge in [0.2, 0.25) is 0 Å². The van der Waals surface area contributed by atoms with Gasteiger partial charge in [0.1, 0.15) is 0 Å². The van der Waals surface area contributed by atoms with Crippen molar-refractivity contribution in [3.63, 3.8) is 0 Å². The van der Waals surface area contributed by atoms with Crippen LogP contribution in [0, 0.1) is 0 Å². The van der Waals surface area contributed by atoms with Gasteiger partial charge in [0.25, 0.3) is 0 Å². The van der Waals surface area contributed by atoms with Gasteiger partial charge in [-0.2, -0.15) is 0 Å². The average molecular weight is 829 g/mol. The Balaban J connectivity index is 0.870. The highest BCUT2D eigenvalue weighted by Gasteiger charge is 2.52. The van der Waals surface area contributed by atoms with E-state index in [2.05, 4.69) is 273 Å². The summed E-state index contributed by atoms with van der Waals surface area (Å²) in [6, 6.07) is 97.5. The zero-order chi connectivity index (χ0) is 43.4. The molecule has 2 atom stereocenters. The first-order valence-electron chi connectivity index (χ1n) is 22.8. The van der Waals surface area contributed by atoms with Crippen molar-refractivity contribution < 1.29 is 0 Å². The highest BCUT2D eigenvalue weighted by molar-refractivity contribution is 5.92. The maximum Gasteiger partial charge on any atom is -0.00120 e. The van der Waals surface area contributed by atoms with Crippen LogP contribution in [-0.2, 0) is 0 Å². The first-order valence-corrected chi connectivity index (χ1v) is 22.8. The quantitative estimate of drug-likeness (QED) is 0.114. The van der Waals surface area contributed by atoms with Gasteiger partial charge in [-0.1, -0.05) is 267 Å². The van der Waals surface area contributed by atoms with Gasteiger partial charge in [-0.3, -0.25) is 0 Å². The van der Waals surface area contributed by atoms with Crippen LogP contribution < -0.4 is 0 Å². The molecule has 0 nitrogen and oxygen atoms in total. The minimum atomic E-state index is 0.406. The second kappa shape index (κ2) is 18.0. The monoisotopic (exact) mass is 828 g/mol. The van der Waals surface area contributed by atoms with Gasteiger partial charge in [0, 0.05) is 0 Å². The van der Waals surface area contributed by atoms with Crippen molar-refractivity contribution in [2.75, 3.05) is 0 Å². The summed E-state index contributed by atoms with van der Waals surface area (Å²) in [5.41, 5.74) is 21.3. The number of benzene rings is 10. The smallest absolute Gasteiger partial charge is 0.00120 e. The summed E-state index contributed by atoms with van der Waals surface area (Å²) in [7, 11) is 0. The van der Waals surface area contributed by atoms with Crippen molar-refractivity contribution in [1.29, 1.82) is 0 Å². The third kappa shape index (κ3) is 8.55. The Morgan fingerprint density at radius 3 is 0.692 bits per heavy atom. The minimum absolute atomic E-state index is 0.406. The number of hydrogen-bond acceptors (Lipinski definition) is 0. The number of rotatable bonds is 11. The van der Waals surface area contributed by atoms with E-state index in [9.17, 15) is 0 Å². The molecule has 0 heteroatoms. The molecule has 0 amide bonds. The van der Waals surface area contributed by atoms with Gasteiger partial charge in [-0.05, 0) is 118 Å². The molecule has 0 heterocycles. The molecule has 0 radical (unpaired) electrons. The van der Waals surface area contributed by atoms with Crippen LogP contribution in [0.15, 0.2) is 267 Å². The normalized spacial score (nSPS) is 15.2. The van der Waals surface area contributed by atoms with Gasteiger partial charge in [0.15, 0.2) is 0 Å². The fourth-order valence-corrected chi connectivity index (χ4v) is 9.73. The number of hydrogen-bond donors (Lipinski definition) is 0. The predicted molar refractivity (Wildman–Crippen MR) is 275 cm³/mol. The summed E-state index contributed by atoms with van der Waals surface area (Å²) in [5, 5.41) is 0. The molecule has 10 aromatic carbocycles. The van der Waals surface area contributed by atoms with E-state index < -0.39 is 0 Å².